The maximum Gasteiger partial charge on any atom is 0.251 e. The number of carbonyl (C=O) groups excluding carboxylic acids is 2. The van der Waals surface area contributed by atoms with Crippen LogP contribution < -0.4 is 15.4 Å². The molecule has 0 bridgehead atoms. The SMILES string of the molecule is COCc1nn2c(c1-c1cccc(OC)c1)NC(=O)C2CC(=O)Nc1ccc(C)c(C)c1. The molecule has 2 aromatic carbocycles. The number of benzene rings is 2. The smallest absolute Gasteiger partial charge is 0.251 e. The third-order valence-electron chi connectivity index (χ3n) is 5.63. The number of aromatic nitrogens is 2. The van der Waals surface area contributed by atoms with Gasteiger partial charge in [-0.05, 0) is 54.8 Å². The van der Waals surface area contributed by atoms with Crippen LogP contribution in [-0.4, -0.2) is 35.8 Å². The monoisotopic (exact) mass is 434 g/mol. The Morgan fingerprint density at radius 3 is 2.69 bits per heavy atom. The standard InChI is InChI=1S/C24H26N4O4/c1-14-8-9-17(10-15(14)2)25-21(29)12-20-24(30)26-23-22(19(13-31-3)27-28(20)23)16-6-5-7-18(11-16)32-4/h5-11,20H,12-13H2,1-4H3,(H,25,29)(H,26,30). The average Bonchev–Trinajstić information content (AvgIpc) is 3.26. The molecular weight excluding hydrogens is 408 g/mol. The minimum atomic E-state index is -0.744. The van der Waals surface area contributed by atoms with Gasteiger partial charge < -0.3 is 20.1 Å². The molecule has 0 radical (unpaired) electrons. The van der Waals surface area contributed by atoms with Gasteiger partial charge in [0.1, 0.15) is 17.6 Å². The molecule has 166 valence electrons. The number of ether oxygens (including phenoxy) is 2. The van der Waals surface area contributed by atoms with Gasteiger partial charge in [-0.3, -0.25) is 9.59 Å². The van der Waals surface area contributed by atoms with Crippen LogP contribution >= 0.6 is 0 Å². The minimum Gasteiger partial charge on any atom is -0.497 e. The number of carbonyl (C=O) groups is 2. The summed E-state index contributed by atoms with van der Waals surface area (Å²) in [5.41, 5.74) is 5.22. The zero-order valence-corrected chi connectivity index (χ0v) is 18.6. The van der Waals surface area contributed by atoms with E-state index in [1.807, 2.05) is 56.3 Å². The number of methoxy groups -OCH3 is 2. The van der Waals surface area contributed by atoms with Crippen molar-refractivity contribution in [3.63, 3.8) is 0 Å². The van der Waals surface area contributed by atoms with Gasteiger partial charge in [-0.1, -0.05) is 18.2 Å². The number of hydrogen-bond acceptors (Lipinski definition) is 5. The van der Waals surface area contributed by atoms with Crippen molar-refractivity contribution < 1.29 is 19.1 Å². The summed E-state index contributed by atoms with van der Waals surface area (Å²) in [5.74, 6) is 0.725. The van der Waals surface area contributed by atoms with Gasteiger partial charge in [0.15, 0.2) is 0 Å². The van der Waals surface area contributed by atoms with Crippen LogP contribution in [0.2, 0.25) is 0 Å². The molecule has 8 heteroatoms. The van der Waals surface area contributed by atoms with E-state index < -0.39 is 6.04 Å². The molecule has 2 N–H and O–H groups in total. The fraction of sp³-hybridized carbons (Fsp3) is 0.292. The number of fused-ring (bicyclic) bond motifs is 1. The largest absolute Gasteiger partial charge is 0.497 e. The van der Waals surface area contributed by atoms with E-state index in [-0.39, 0.29) is 24.8 Å². The first-order valence-electron chi connectivity index (χ1n) is 10.3. The fourth-order valence-corrected chi connectivity index (χ4v) is 3.84. The maximum atomic E-state index is 12.7. The Bertz CT molecular complexity index is 1180. The molecular formula is C24H26N4O4. The third-order valence-corrected chi connectivity index (χ3v) is 5.63. The van der Waals surface area contributed by atoms with Crippen LogP contribution in [0.25, 0.3) is 11.1 Å². The van der Waals surface area contributed by atoms with Crippen LogP contribution in [0, 0.1) is 13.8 Å². The van der Waals surface area contributed by atoms with Crippen molar-refractivity contribution in [2.24, 2.45) is 0 Å². The van der Waals surface area contributed by atoms with E-state index in [1.54, 1.807) is 18.9 Å². The Hall–Kier alpha value is -3.65. The van der Waals surface area contributed by atoms with E-state index in [1.165, 1.54) is 0 Å². The predicted molar refractivity (Wildman–Crippen MR) is 122 cm³/mol. The summed E-state index contributed by atoms with van der Waals surface area (Å²) in [5, 5.41) is 10.4. The molecule has 1 aliphatic heterocycles. The molecule has 3 aromatic rings. The number of aryl methyl sites for hydroxylation is 2. The van der Waals surface area contributed by atoms with Gasteiger partial charge in [0, 0.05) is 12.8 Å². The van der Waals surface area contributed by atoms with Crippen LogP contribution in [0.1, 0.15) is 29.3 Å². The quantitative estimate of drug-likeness (QED) is 0.589. The Balaban J connectivity index is 1.63. The van der Waals surface area contributed by atoms with E-state index in [0.29, 0.717) is 22.9 Å². The van der Waals surface area contributed by atoms with Crippen molar-refractivity contribution in [2.45, 2.75) is 32.9 Å². The van der Waals surface area contributed by atoms with E-state index in [2.05, 4.69) is 15.7 Å². The first-order valence-corrected chi connectivity index (χ1v) is 10.3. The molecule has 1 atom stereocenters. The lowest BCUT2D eigenvalue weighted by atomic mass is 10.1. The van der Waals surface area contributed by atoms with Crippen molar-refractivity contribution in [1.29, 1.82) is 0 Å². The lowest BCUT2D eigenvalue weighted by Crippen LogP contribution is -2.24. The van der Waals surface area contributed by atoms with Crippen LogP contribution in [0.15, 0.2) is 42.5 Å². The van der Waals surface area contributed by atoms with Crippen molar-refractivity contribution in [3.8, 4) is 16.9 Å². The highest BCUT2D eigenvalue weighted by Gasteiger charge is 2.37. The Morgan fingerprint density at radius 2 is 1.97 bits per heavy atom. The van der Waals surface area contributed by atoms with Crippen LogP contribution in [0.3, 0.4) is 0 Å². The van der Waals surface area contributed by atoms with Gasteiger partial charge in [0.25, 0.3) is 5.91 Å². The normalized spacial score (nSPS) is 14.8. The van der Waals surface area contributed by atoms with E-state index >= 15 is 0 Å². The first-order chi connectivity index (χ1) is 15.4. The molecule has 8 nitrogen and oxygen atoms in total. The number of rotatable bonds is 7. The first kappa shape index (κ1) is 21.6. The molecule has 32 heavy (non-hydrogen) atoms. The minimum absolute atomic E-state index is 0.0303. The van der Waals surface area contributed by atoms with Crippen LogP contribution in [0.5, 0.6) is 5.75 Å². The number of amides is 2. The number of anilines is 2. The third kappa shape index (κ3) is 4.09. The summed E-state index contributed by atoms with van der Waals surface area (Å²) < 4.78 is 12.3. The number of nitrogens with one attached hydrogen (secondary N) is 2. The highest BCUT2D eigenvalue weighted by atomic mass is 16.5. The highest BCUT2D eigenvalue weighted by molar-refractivity contribution is 6.04. The lowest BCUT2D eigenvalue weighted by molar-refractivity contribution is -0.123. The Labute approximate surface area is 186 Å². The second kappa shape index (κ2) is 8.84. The number of hydrogen-bond donors (Lipinski definition) is 2. The molecule has 1 aliphatic rings. The molecule has 0 aliphatic carbocycles. The van der Waals surface area contributed by atoms with Crippen LogP contribution in [-0.2, 0) is 20.9 Å². The van der Waals surface area contributed by atoms with Gasteiger partial charge in [0.2, 0.25) is 5.91 Å². The summed E-state index contributed by atoms with van der Waals surface area (Å²) >= 11 is 0. The lowest BCUT2D eigenvalue weighted by Gasteiger charge is -2.11. The number of nitrogens with zero attached hydrogens (tertiary/aromatic N) is 2. The second-order valence-corrected chi connectivity index (χ2v) is 7.84. The Morgan fingerprint density at radius 1 is 1.16 bits per heavy atom. The molecule has 0 saturated heterocycles. The van der Waals surface area contributed by atoms with Crippen LogP contribution in [0.4, 0.5) is 11.5 Å². The van der Waals surface area contributed by atoms with E-state index in [0.717, 1.165) is 22.3 Å². The summed E-state index contributed by atoms with van der Waals surface area (Å²) in [6.07, 6.45) is -0.0303. The molecule has 1 unspecified atom stereocenters. The van der Waals surface area contributed by atoms with Gasteiger partial charge in [-0.25, -0.2) is 4.68 Å². The fourth-order valence-electron chi connectivity index (χ4n) is 3.84. The summed E-state index contributed by atoms with van der Waals surface area (Å²) in [6, 6.07) is 12.5. The zero-order valence-electron chi connectivity index (χ0n) is 18.6. The predicted octanol–water partition coefficient (Wildman–Crippen LogP) is 3.84. The highest BCUT2D eigenvalue weighted by Crippen LogP contribution is 2.39. The molecule has 2 amide bonds. The maximum absolute atomic E-state index is 12.7. The molecule has 2 heterocycles. The molecule has 1 aromatic heterocycles. The van der Waals surface area contributed by atoms with E-state index in [4.69, 9.17) is 9.47 Å². The van der Waals surface area contributed by atoms with E-state index in [9.17, 15) is 9.59 Å². The average molecular weight is 434 g/mol. The van der Waals surface area contributed by atoms with Gasteiger partial charge in [-0.2, -0.15) is 5.10 Å². The van der Waals surface area contributed by atoms with Gasteiger partial charge in [0.05, 0.1) is 31.4 Å². The van der Waals surface area contributed by atoms with Gasteiger partial charge in [-0.15, -0.1) is 0 Å². The zero-order chi connectivity index (χ0) is 22.8. The molecule has 0 spiro atoms. The second-order valence-electron chi connectivity index (χ2n) is 7.84. The van der Waals surface area contributed by atoms with Gasteiger partial charge >= 0.3 is 0 Å². The molecule has 0 fully saturated rings. The summed E-state index contributed by atoms with van der Waals surface area (Å²) in [4.78, 5) is 25.5. The van der Waals surface area contributed by atoms with Crippen molar-refractivity contribution in [2.75, 3.05) is 24.9 Å². The molecule has 4 rings (SSSR count). The van der Waals surface area contributed by atoms with Crippen molar-refractivity contribution in [1.82, 2.24) is 9.78 Å². The van der Waals surface area contributed by atoms with Crippen molar-refractivity contribution in [3.05, 3.63) is 59.3 Å². The Kier molecular flexibility index (Phi) is 5.96. The summed E-state index contributed by atoms with van der Waals surface area (Å²) in [6.45, 7) is 4.27. The molecule has 0 saturated carbocycles. The topological polar surface area (TPSA) is 94.5 Å². The van der Waals surface area contributed by atoms with Crippen molar-refractivity contribution >= 4 is 23.3 Å². The summed E-state index contributed by atoms with van der Waals surface area (Å²) in [7, 11) is 3.19.